The van der Waals surface area contributed by atoms with Crippen LogP contribution in [0.4, 0.5) is 4.79 Å². The molecular weight excluding hydrogens is 274 g/mol. The topological polar surface area (TPSA) is 90.9 Å². The molecule has 7 heteroatoms. The van der Waals surface area contributed by atoms with Gasteiger partial charge in [0.25, 0.3) is 0 Å². The van der Waals surface area contributed by atoms with Crippen molar-refractivity contribution in [2.45, 2.75) is 37.3 Å². The summed E-state index contributed by atoms with van der Waals surface area (Å²) in [6.45, 7) is 0.988. The molecule has 0 aromatic heterocycles. The molecule has 1 aliphatic heterocycles. The number of hydrogen-bond donors (Lipinski definition) is 3. The number of likely N-dealkylation sites (N-methyl/N-ethyl adjacent to an activating group) is 1. The predicted molar refractivity (Wildman–Crippen MR) is 77.2 cm³/mol. The Morgan fingerprint density at radius 3 is 2.52 bits per heavy atom. The van der Waals surface area contributed by atoms with Gasteiger partial charge in [0, 0.05) is 12.1 Å². The lowest BCUT2D eigenvalue weighted by Gasteiger charge is -2.36. The van der Waals surface area contributed by atoms with Gasteiger partial charge in [-0.3, -0.25) is 4.79 Å². The number of hydrogen-bond acceptors (Lipinski definition) is 4. The largest absolute Gasteiger partial charge is 0.481 e. The van der Waals surface area contributed by atoms with Crippen molar-refractivity contribution >= 4 is 12.0 Å². The number of carbonyl (C=O) groups is 2. The van der Waals surface area contributed by atoms with Crippen LogP contribution in [0.15, 0.2) is 0 Å². The lowest BCUT2D eigenvalue weighted by Crippen LogP contribution is -2.54. The number of carboxylic acids is 1. The molecule has 2 rings (SSSR count). The minimum atomic E-state index is -0.932. The first kappa shape index (κ1) is 16.0. The van der Waals surface area contributed by atoms with Gasteiger partial charge in [-0.2, -0.15) is 0 Å². The van der Waals surface area contributed by atoms with Gasteiger partial charge in [-0.1, -0.05) is 12.8 Å². The summed E-state index contributed by atoms with van der Waals surface area (Å²) in [6, 6.07) is -0.772. The molecule has 0 aromatic rings. The maximum atomic E-state index is 12.0. The van der Waals surface area contributed by atoms with Gasteiger partial charge in [0.15, 0.2) is 0 Å². The van der Waals surface area contributed by atoms with Crippen molar-refractivity contribution in [1.82, 2.24) is 15.5 Å². The highest BCUT2D eigenvalue weighted by atomic mass is 16.5. The standard InChI is InChI=1S/C14H25N3O4/c1-17(2)14(5-3-4-6-14)9-15-13(20)16-11-8-21-7-10(11)12(18)19/h10-11H,3-9H2,1-2H3,(H,18,19)(H2,15,16,20). The normalized spacial score (nSPS) is 27.8. The summed E-state index contributed by atoms with van der Waals surface area (Å²) in [7, 11) is 4.08. The highest BCUT2D eigenvalue weighted by Crippen LogP contribution is 2.33. The van der Waals surface area contributed by atoms with Crippen LogP contribution in [0, 0.1) is 5.92 Å². The maximum Gasteiger partial charge on any atom is 0.315 e. The molecule has 3 N–H and O–H groups in total. The quantitative estimate of drug-likeness (QED) is 0.677. The lowest BCUT2D eigenvalue weighted by molar-refractivity contribution is -0.142. The average molecular weight is 299 g/mol. The van der Waals surface area contributed by atoms with Gasteiger partial charge >= 0.3 is 12.0 Å². The Morgan fingerprint density at radius 2 is 1.95 bits per heavy atom. The van der Waals surface area contributed by atoms with E-state index in [1.165, 1.54) is 12.8 Å². The first-order chi connectivity index (χ1) is 9.94. The van der Waals surface area contributed by atoms with E-state index in [2.05, 4.69) is 15.5 Å². The van der Waals surface area contributed by atoms with E-state index in [0.29, 0.717) is 6.54 Å². The zero-order valence-corrected chi connectivity index (χ0v) is 12.7. The van der Waals surface area contributed by atoms with Gasteiger partial charge in [0.2, 0.25) is 0 Å². The van der Waals surface area contributed by atoms with Gasteiger partial charge in [0.1, 0.15) is 5.92 Å². The Labute approximate surface area is 125 Å². The summed E-state index contributed by atoms with van der Waals surface area (Å²) < 4.78 is 5.14. The molecule has 7 nitrogen and oxygen atoms in total. The van der Waals surface area contributed by atoms with Crippen LogP contribution in [0.25, 0.3) is 0 Å². The predicted octanol–water partition coefficient (Wildman–Crippen LogP) is 0.260. The number of carboxylic acid groups (broad SMARTS) is 1. The SMILES string of the molecule is CN(C)C1(CNC(=O)NC2COCC2C(=O)O)CCCC1. The average Bonchev–Trinajstić information content (AvgIpc) is 3.05. The van der Waals surface area contributed by atoms with Gasteiger partial charge in [-0.25, -0.2) is 4.79 Å². The van der Waals surface area contributed by atoms with E-state index in [4.69, 9.17) is 9.84 Å². The Bertz CT molecular complexity index is 394. The van der Waals surface area contributed by atoms with Crippen molar-refractivity contribution in [3.63, 3.8) is 0 Å². The Balaban J connectivity index is 1.83. The van der Waals surface area contributed by atoms with Crippen molar-refractivity contribution in [1.29, 1.82) is 0 Å². The fourth-order valence-corrected chi connectivity index (χ4v) is 3.22. The second-order valence-corrected chi connectivity index (χ2v) is 6.24. The third kappa shape index (κ3) is 3.65. The van der Waals surface area contributed by atoms with E-state index in [0.717, 1.165) is 12.8 Å². The minimum absolute atomic E-state index is 0.0235. The van der Waals surface area contributed by atoms with Crippen LogP contribution >= 0.6 is 0 Å². The molecule has 0 spiro atoms. The number of rotatable bonds is 5. The first-order valence-electron chi connectivity index (χ1n) is 7.47. The number of nitrogens with one attached hydrogen (secondary N) is 2. The molecule has 2 aliphatic rings. The van der Waals surface area contributed by atoms with Crippen molar-refractivity contribution in [2.75, 3.05) is 33.9 Å². The fraction of sp³-hybridized carbons (Fsp3) is 0.857. The number of aliphatic carboxylic acids is 1. The van der Waals surface area contributed by atoms with E-state index in [1.807, 2.05) is 14.1 Å². The van der Waals surface area contributed by atoms with E-state index in [1.54, 1.807) is 0 Å². The van der Waals surface area contributed by atoms with E-state index in [-0.39, 0.29) is 24.8 Å². The van der Waals surface area contributed by atoms with Crippen LogP contribution in [-0.4, -0.2) is 67.4 Å². The van der Waals surface area contributed by atoms with Crippen LogP contribution < -0.4 is 10.6 Å². The second kappa shape index (κ2) is 6.62. The number of carbonyl (C=O) groups excluding carboxylic acids is 1. The second-order valence-electron chi connectivity index (χ2n) is 6.24. The van der Waals surface area contributed by atoms with Crippen molar-refractivity contribution in [2.24, 2.45) is 5.92 Å². The molecule has 21 heavy (non-hydrogen) atoms. The van der Waals surface area contributed by atoms with Crippen molar-refractivity contribution in [3.05, 3.63) is 0 Å². The minimum Gasteiger partial charge on any atom is -0.481 e. The Morgan fingerprint density at radius 1 is 1.29 bits per heavy atom. The molecule has 0 aromatic carbocycles. The summed E-state index contributed by atoms with van der Waals surface area (Å²) in [4.78, 5) is 25.2. The van der Waals surface area contributed by atoms with E-state index in [9.17, 15) is 9.59 Å². The third-order valence-electron chi connectivity index (χ3n) is 4.78. The van der Waals surface area contributed by atoms with Crippen molar-refractivity contribution < 1.29 is 19.4 Å². The molecule has 2 atom stereocenters. The number of amides is 2. The third-order valence-corrected chi connectivity index (χ3v) is 4.78. The van der Waals surface area contributed by atoms with E-state index >= 15 is 0 Å². The highest BCUT2D eigenvalue weighted by Gasteiger charge is 2.38. The smallest absolute Gasteiger partial charge is 0.315 e. The number of urea groups is 1. The zero-order chi connectivity index (χ0) is 15.5. The summed E-state index contributed by atoms with van der Waals surface area (Å²) >= 11 is 0. The summed E-state index contributed by atoms with van der Waals surface area (Å²) in [5.41, 5.74) is 0.0235. The molecular formula is C14H25N3O4. The molecule has 2 amide bonds. The molecule has 1 saturated carbocycles. The summed E-state index contributed by atoms with van der Waals surface area (Å²) in [6.07, 6.45) is 4.51. The van der Waals surface area contributed by atoms with Gasteiger partial charge in [0.05, 0.1) is 19.3 Å². The van der Waals surface area contributed by atoms with E-state index < -0.39 is 17.9 Å². The fourth-order valence-electron chi connectivity index (χ4n) is 3.22. The molecule has 2 unspecified atom stereocenters. The van der Waals surface area contributed by atoms with Gasteiger partial charge in [-0.15, -0.1) is 0 Å². The highest BCUT2D eigenvalue weighted by molar-refractivity contribution is 5.77. The van der Waals surface area contributed by atoms with Crippen LogP contribution in [-0.2, 0) is 9.53 Å². The van der Waals surface area contributed by atoms with Crippen LogP contribution in [0.2, 0.25) is 0 Å². The first-order valence-corrected chi connectivity index (χ1v) is 7.47. The lowest BCUT2D eigenvalue weighted by atomic mass is 9.96. The van der Waals surface area contributed by atoms with Crippen LogP contribution in [0.5, 0.6) is 0 Å². The molecule has 0 radical (unpaired) electrons. The number of ether oxygens (including phenoxy) is 1. The zero-order valence-electron chi connectivity index (χ0n) is 12.7. The maximum absolute atomic E-state index is 12.0. The molecule has 1 saturated heterocycles. The van der Waals surface area contributed by atoms with Gasteiger partial charge < -0.3 is 25.4 Å². The number of nitrogens with zero attached hydrogens (tertiary/aromatic N) is 1. The molecule has 120 valence electrons. The van der Waals surface area contributed by atoms with Gasteiger partial charge in [-0.05, 0) is 26.9 Å². The Hall–Kier alpha value is -1.34. The molecule has 1 aliphatic carbocycles. The van der Waals surface area contributed by atoms with Crippen molar-refractivity contribution in [3.8, 4) is 0 Å². The summed E-state index contributed by atoms with van der Waals surface area (Å²) in [5.74, 6) is -1.59. The molecule has 1 heterocycles. The monoisotopic (exact) mass is 299 g/mol. The molecule has 2 fully saturated rings. The molecule has 0 bridgehead atoms. The van der Waals surface area contributed by atoms with Crippen LogP contribution in [0.1, 0.15) is 25.7 Å². The Kier molecular flexibility index (Phi) is 5.05. The van der Waals surface area contributed by atoms with Crippen LogP contribution in [0.3, 0.4) is 0 Å². The summed E-state index contributed by atoms with van der Waals surface area (Å²) in [5, 5.41) is 14.7.